The molecular weight excluding hydrogens is 815 g/mol. The monoisotopic (exact) mass is 855 g/mol. The van der Waals surface area contributed by atoms with Gasteiger partial charge in [0.15, 0.2) is 11.5 Å². The molecule has 318 valence electrons. The van der Waals surface area contributed by atoms with Crippen molar-refractivity contribution in [2.75, 3.05) is 6.54 Å². The predicted molar refractivity (Wildman–Crippen MR) is 205 cm³/mol. The van der Waals surface area contributed by atoms with Gasteiger partial charge in [0.25, 0.3) is 5.91 Å². The van der Waals surface area contributed by atoms with Crippen molar-refractivity contribution in [3.63, 3.8) is 0 Å². The van der Waals surface area contributed by atoms with Crippen LogP contribution >= 0.6 is 0 Å². The number of aromatic nitrogens is 2. The van der Waals surface area contributed by atoms with E-state index in [1.165, 1.54) is 29.4 Å². The first kappa shape index (κ1) is 41.2. The summed E-state index contributed by atoms with van der Waals surface area (Å²) in [5.74, 6) is -4.41. The fourth-order valence-electron chi connectivity index (χ4n) is 8.22. The summed E-state index contributed by atoms with van der Waals surface area (Å²) in [6, 6.07) is 6.06. The molecule has 3 fully saturated rings. The van der Waals surface area contributed by atoms with Gasteiger partial charge in [-0.05, 0) is 81.7 Å². The summed E-state index contributed by atoms with van der Waals surface area (Å²) >= 11 is 0. The highest BCUT2D eigenvalue weighted by Gasteiger charge is 2.62. The van der Waals surface area contributed by atoms with E-state index >= 15 is 0 Å². The Bertz CT molecular complexity index is 2510. The molecule has 2 aliphatic carbocycles. The van der Waals surface area contributed by atoms with Crippen LogP contribution in [0, 0.1) is 17.2 Å². The Hall–Kier alpha value is -5.59. The molecule has 0 radical (unpaired) electrons. The summed E-state index contributed by atoms with van der Waals surface area (Å²) in [5, 5.41) is 7.13. The molecule has 0 spiro atoms. The maximum absolute atomic E-state index is 14.6. The van der Waals surface area contributed by atoms with E-state index in [4.69, 9.17) is 9.26 Å². The first-order valence-electron chi connectivity index (χ1n) is 19.7. The Morgan fingerprint density at radius 3 is 2.53 bits per heavy atom. The van der Waals surface area contributed by atoms with E-state index in [2.05, 4.69) is 24.9 Å². The largest absolute Gasteiger partial charge is 0.573 e. The van der Waals surface area contributed by atoms with Crippen LogP contribution in [0.1, 0.15) is 81.6 Å². The fourth-order valence-corrected chi connectivity index (χ4v) is 9.56. The Balaban J connectivity index is 1.14. The summed E-state index contributed by atoms with van der Waals surface area (Å²) in [4.78, 5) is 62.2. The Kier molecular flexibility index (Phi) is 10.6. The molecule has 4 heterocycles. The van der Waals surface area contributed by atoms with Crippen LogP contribution in [0.15, 0.2) is 65.4 Å². The van der Waals surface area contributed by atoms with E-state index in [-0.39, 0.29) is 53.7 Å². The third-order valence-corrected chi connectivity index (χ3v) is 14.2. The molecule has 3 amide bonds. The lowest BCUT2D eigenvalue weighted by Crippen LogP contribution is -2.52. The van der Waals surface area contributed by atoms with Crippen molar-refractivity contribution in [1.82, 2.24) is 25.1 Å². The topological polar surface area (TPSA) is 187 Å². The van der Waals surface area contributed by atoms with E-state index in [1.54, 1.807) is 6.92 Å². The number of amides is 3. The first-order chi connectivity index (χ1) is 28.4. The number of allylic oxidation sites excluding steroid dienone is 2. The lowest BCUT2D eigenvalue weighted by atomic mass is 9.91. The van der Waals surface area contributed by atoms with Gasteiger partial charge < -0.3 is 24.2 Å². The Morgan fingerprint density at radius 2 is 1.80 bits per heavy atom. The molecule has 1 saturated heterocycles. The molecule has 4 aromatic rings. The molecule has 8 rings (SSSR count). The minimum absolute atomic E-state index is 0.0491. The molecule has 2 N–H and O–H groups in total. The normalized spacial score (nSPS) is 26.3. The number of halogens is 4. The molecule has 0 bridgehead atoms. The molecule has 2 aliphatic heterocycles. The Labute approximate surface area is 341 Å². The van der Waals surface area contributed by atoms with Gasteiger partial charge >= 0.3 is 6.36 Å². The number of carbonyl (C=O) groups excluding carboxylic acids is 4. The standard InChI is InChI=1S/C41H41F4N5O9S/c1-39(14-15-39)60(55,56)49-38(54)40-20-23(40)7-5-3-2-4-6-8-31(46-35(52)30-13-16-57-48-30)37(53)50-22-26(19-33(50)34(51)21-40)58-36-28-12-10-25(59-41(43,44)45)18-29(28)27-11-9-24(42)17-32(27)47-36/h5,7,9-13,16-18,23,26,31,33H,2-4,6,8,14-15,19-22H2,1H3,(H,46,52)(H,49,54)/b7-5-/t23-,26-,31+,33+,40-/m1/s1. The summed E-state index contributed by atoms with van der Waals surface area (Å²) in [5.41, 5.74) is -1.43. The lowest BCUT2D eigenvalue weighted by Gasteiger charge is -2.29. The van der Waals surface area contributed by atoms with E-state index in [0.717, 1.165) is 30.7 Å². The van der Waals surface area contributed by atoms with Gasteiger partial charge in [0.2, 0.25) is 27.7 Å². The van der Waals surface area contributed by atoms with Gasteiger partial charge in [0.05, 0.1) is 28.3 Å². The minimum Gasteiger partial charge on any atom is -0.472 e. The minimum atomic E-state index is -4.99. The molecule has 0 unspecified atom stereocenters. The first-order valence-corrected chi connectivity index (χ1v) is 21.2. The number of Topliss-reactive ketones (excluding diaryl/α,β-unsaturated/α-hetero) is 1. The lowest BCUT2D eigenvalue weighted by molar-refractivity contribution is -0.274. The number of alkyl halides is 3. The number of hydrogen-bond donors (Lipinski definition) is 2. The van der Waals surface area contributed by atoms with Crippen LogP contribution in [0.4, 0.5) is 17.6 Å². The number of ether oxygens (including phenoxy) is 2. The Morgan fingerprint density at radius 1 is 1.02 bits per heavy atom. The molecule has 19 heteroatoms. The highest BCUT2D eigenvalue weighted by atomic mass is 32.2. The molecule has 5 atom stereocenters. The second-order valence-corrected chi connectivity index (χ2v) is 18.5. The number of fused-ring (bicyclic) bond motifs is 5. The third kappa shape index (κ3) is 8.27. The molecular formula is C41H41F4N5O9S. The summed E-state index contributed by atoms with van der Waals surface area (Å²) in [6.45, 7) is 1.33. The zero-order valence-corrected chi connectivity index (χ0v) is 33.1. The zero-order chi connectivity index (χ0) is 42.6. The number of benzene rings is 2. The molecule has 14 nitrogen and oxygen atoms in total. The van der Waals surface area contributed by atoms with E-state index in [1.807, 2.05) is 12.2 Å². The van der Waals surface area contributed by atoms with Gasteiger partial charge in [0.1, 0.15) is 30.0 Å². The summed E-state index contributed by atoms with van der Waals surface area (Å²) in [6.07, 6.45) is 2.16. The molecule has 60 heavy (non-hydrogen) atoms. The van der Waals surface area contributed by atoms with Crippen LogP contribution in [0.3, 0.4) is 0 Å². The number of rotatable bonds is 8. The number of pyridine rings is 1. The maximum atomic E-state index is 14.6. The highest BCUT2D eigenvalue weighted by Crippen LogP contribution is 2.57. The summed E-state index contributed by atoms with van der Waals surface area (Å²) < 4.78 is 97.0. The van der Waals surface area contributed by atoms with Gasteiger partial charge in [-0.15, -0.1) is 13.2 Å². The van der Waals surface area contributed by atoms with Crippen LogP contribution in [0.25, 0.3) is 21.7 Å². The second kappa shape index (κ2) is 15.5. The third-order valence-electron chi connectivity index (χ3n) is 12.0. The average Bonchev–Trinajstić information content (AvgIpc) is 3.93. The number of sulfonamides is 1. The molecule has 2 saturated carbocycles. The van der Waals surface area contributed by atoms with Gasteiger partial charge in [-0.2, -0.15) is 0 Å². The molecule has 4 aliphatic rings. The van der Waals surface area contributed by atoms with Gasteiger partial charge in [-0.25, -0.2) is 17.8 Å². The van der Waals surface area contributed by atoms with Gasteiger partial charge in [0, 0.05) is 41.1 Å². The van der Waals surface area contributed by atoms with Crippen molar-refractivity contribution in [3.05, 3.63) is 72.4 Å². The number of nitrogens with one attached hydrogen (secondary N) is 2. The molecule has 2 aromatic heterocycles. The van der Waals surface area contributed by atoms with E-state index in [9.17, 15) is 45.2 Å². The van der Waals surface area contributed by atoms with E-state index < -0.39 is 92.1 Å². The highest BCUT2D eigenvalue weighted by molar-refractivity contribution is 7.91. The van der Waals surface area contributed by atoms with Gasteiger partial charge in [-0.1, -0.05) is 30.2 Å². The van der Waals surface area contributed by atoms with Crippen LogP contribution < -0.4 is 19.5 Å². The SMILES string of the molecule is CC1(S(=O)(=O)NC(=O)[C@]23CC(=O)[C@@H]4C[C@@H](Oc5nc6cc(F)ccc6c6cc(OC(F)(F)F)ccc56)CN4C(=O)[C@@H](NC(=O)c4ccon4)CCCCC/C=C\[C@@H]2C3)CC1. The van der Waals surface area contributed by atoms with Crippen LogP contribution in [0.5, 0.6) is 11.6 Å². The van der Waals surface area contributed by atoms with Crippen LogP contribution in [-0.2, 0) is 24.4 Å². The van der Waals surface area contributed by atoms with Crippen molar-refractivity contribution in [3.8, 4) is 11.6 Å². The number of nitrogens with zero attached hydrogens (tertiary/aromatic N) is 3. The number of ketones is 1. The smallest absolute Gasteiger partial charge is 0.472 e. The fraction of sp³-hybridized carbons (Fsp3) is 0.463. The maximum Gasteiger partial charge on any atom is 0.573 e. The number of hydrogen-bond acceptors (Lipinski definition) is 11. The van der Waals surface area contributed by atoms with Crippen molar-refractivity contribution < 1.29 is 59.2 Å². The van der Waals surface area contributed by atoms with Crippen molar-refractivity contribution >= 4 is 55.2 Å². The zero-order valence-electron chi connectivity index (χ0n) is 32.3. The van der Waals surface area contributed by atoms with Crippen molar-refractivity contribution in [2.24, 2.45) is 11.3 Å². The van der Waals surface area contributed by atoms with Gasteiger partial charge in [-0.3, -0.25) is 23.9 Å². The van der Waals surface area contributed by atoms with Crippen molar-refractivity contribution in [1.29, 1.82) is 0 Å². The number of carbonyl (C=O) groups is 4. The molecule has 2 aromatic carbocycles. The quantitative estimate of drug-likeness (QED) is 0.119. The average molecular weight is 856 g/mol. The second-order valence-electron chi connectivity index (χ2n) is 16.3. The van der Waals surface area contributed by atoms with Crippen LogP contribution in [0.2, 0.25) is 0 Å². The predicted octanol–water partition coefficient (Wildman–Crippen LogP) is 6.04. The summed E-state index contributed by atoms with van der Waals surface area (Å²) in [7, 11) is -4.05. The van der Waals surface area contributed by atoms with Crippen LogP contribution in [-0.4, -0.2) is 82.8 Å². The van der Waals surface area contributed by atoms with E-state index in [0.29, 0.717) is 37.5 Å². The van der Waals surface area contributed by atoms with Crippen molar-refractivity contribution in [2.45, 2.75) is 100 Å².